The van der Waals surface area contributed by atoms with Crippen LogP contribution in [-0.2, 0) is 4.79 Å². The molecule has 2 N–H and O–H groups in total. The summed E-state index contributed by atoms with van der Waals surface area (Å²) in [5.74, 6) is 0.814. The third-order valence-electron chi connectivity index (χ3n) is 6.54. The normalized spacial score (nSPS) is 17.6. The van der Waals surface area contributed by atoms with Crippen LogP contribution in [0.4, 0.5) is 15.4 Å². The molecule has 1 aliphatic heterocycles. The van der Waals surface area contributed by atoms with Gasteiger partial charge in [-0.2, -0.15) is 5.26 Å². The standard InChI is InChI=1S/C23H32N8O4/c1-16-7-12-30(19(32)6-9-24)14-18(16)29(3)20-17-8-13-31(21(17)27-15-26-20)22(33)25-10-4-5-11-28(2)23(34)35/h8,13,15-16,18H,4-7,10-12,14H2,1-3H3,(H,25,33)(H,34,35)/t16-,18+/m1/s1. The lowest BCUT2D eigenvalue weighted by Gasteiger charge is -2.42. The SMILES string of the molecule is C[C@@H]1CCN(C(=O)CC#N)C[C@@H]1N(C)c1ncnc2c1ccn2C(=O)NCCCCN(C)C(=O)O. The number of nitriles is 1. The molecule has 1 saturated heterocycles. The number of rotatable bonds is 8. The Labute approximate surface area is 204 Å². The number of fused-ring (bicyclic) bond motifs is 1. The van der Waals surface area contributed by atoms with Crippen molar-refractivity contribution in [1.29, 1.82) is 5.26 Å². The van der Waals surface area contributed by atoms with Crippen molar-refractivity contribution in [3.8, 4) is 6.07 Å². The molecule has 1 aliphatic rings. The van der Waals surface area contributed by atoms with Crippen LogP contribution in [0.2, 0.25) is 0 Å². The number of piperidine rings is 1. The molecule has 2 aromatic heterocycles. The zero-order chi connectivity index (χ0) is 25.5. The second-order valence-electron chi connectivity index (χ2n) is 8.88. The number of unbranched alkanes of at least 4 members (excludes halogenated alkanes) is 1. The Kier molecular flexibility index (Phi) is 8.46. The van der Waals surface area contributed by atoms with E-state index in [2.05, 4.69) is 22.2 Å². The number of carboxylic acid groups (broad SMARTS) is 1. The van der Waals surface area contributed by atoms with Crippen LogP contribution in [0.3, 0.4) is 0 Å². The van der Waals surface area contributed by atoms with Crippen LogP contribution in [0.15, 0.2) is 18.6 Å². The van der Waals surface area contributed by atoms with Gasteiger partial charge in [-0.25, -0.2) is 19.6 Å². The maximum atomic E-state index is 12.7. The molecule has 0 aliphatic carbocycles. The first-order valence-electron chi connectivity index (χ1n) is 11.7. The third kappa shape index (κ3) is 5.98. The van der Waals surface area contributed by atoms with Gasteiger partial charge >= 0.3 is 12.1 Å². The molecule has 3 amide bonds. The number of likely N-dealkylation sites (N-methyl/N-ethyl adjacent to an activating group) is 1. The smallest absolute Gasteiger partial charge is 0.407 e. The van der Waals surface area contributed by atoms with Gasteiger partial charge in [0.15, 0.2) is 5.65 Å². The Morgan fingerprint density at radius 2 is 2.06 bits per heavy atom. The molecular weight excluding hydrogens is 452 g/mol. The summed E-state index contributed by atoms with van der Waals surface area (Å²) in [4.78, 5) is 49.6. The van der Waals surface area contributed by atoms with E-state index < -0.39 is 6.09 Å². The molecule has 2 atom stereocenters. The quantitative estimate of drug-likeness (QED) is 0.540. The predicted molar refractivity (Wildman–Crippen MR) is 129 cm³/mol. The molecule has 0 saturated carbocycles. The van der Waals surface area contributed by atoms with Gasteiger partial charge in [0.25, 0.3) is 0 Å². The Bertz CT molecular complexity index is 1110. The number of likely N-dealkylation sites (tertiary alicyclic amines) is 1. The number of hydrogen-bond donors (Lipinski definition) is 2. The number of hydrogen-bond acceptors (Lipinski definition) is 7. The molecule has 35 heavy (non-hydrogen) atoms. The van der Waals surface area contributed by atoms with Crippen molar-refractivity contribution >= 4 is 34.9 Å². The van der Waals surface area contributed by atoms with Gasteiger partial charge < -0.3 is 25.1 Å². The lowest BCUT2D eigenvalue weighted by Crippen LogP contribution is -2.52. The molecule has 0 spiro atoms. The fourth-order valence-electron chi connectivity index (χ4n) is 4.35. The van der Waals surface area contributed by atoms with Crippen molar-refractivity contribution in [3.05, 3.63) is 18.6 Å². The van der Waals surface area contributed by atoms with Crippen molar-refractivity contribution in [2.45, 2.75) is 38.6 Å². The number of carbonyl (C=O) groups is 3. The lowest BCUT2D eigenvalue weighted by molar-refractivity contribution is -0.131. The summed E-state index contributed by atoms with van der Waals surface area (Å²) < 4.78 is 1.44. The summed E-state index contributed by atoms with van der Waals surface area (Å²) in [6.45, 7) is 4.09. The van der Waals surface area contributed by atoms with E-state index in [4.69, 9.17) is 10.4 Å². The highest BCUT2D eigenvalue weighted by atomic mass is 16.4. The summed E-state index contributed by atoms with van der Waals surface area (Å²) >= 11 is 0. The van der Waals surface area contributed by atoms with Crippen LogP contribution < -0.4 is 10.2 Å². The van der Waals surface area contributed by atoms with Crippen LogP contribution in [0, 0.1) is 17.2 Å². The number of aromatic nitrogens is 3. The fraction of sp³-hybridized carbons (Fsp3) is 0.565. The maximum absolute atomic E-state index is 12.7. The molecule has 3 rings (SSSR count). The Morgan fingerprint density at radius 3 is 2.77 bits per heavy atom. The van der Waals surface area contributed by atoms with E-state index in [9.17, 15) is 14.4 Å². The molecule has 12 nitrogen and oxygen atoms in total. The van der Waals surface area contributed by atoms with Gasteiger partial charge in [0, 0.05) is 46.5 Å². The van der Waals surface area contributed by atoms with E-state index in [1.807, 2.05) is 18.0 Å². The van der Waals surface area contributed by atoms with E-state index in [-0.39, 0.29) is 24.4 Å². The molecule has 0 bridgehead atoms. The Morgan fingerprint density at radius 1 is 1.29 bits per heavy atom. The largest absolute Gasteiger partial charge is 0.465 e. The van der Waals surface area contributed by atoms with Gasteiger partial charge in [-0.3, -0.25) is 9.36 Å². The van der Waals surface area contributed by atoms with Crippen molar-refractivity contribution in [3.63, 3.8) is 0 Å². The van der Waals surface area contributed by atoms with Crippen molar-refractivity contribution in [2.24, 2.45) is 5.92 Å². The summed E-state index contributed by atoms with van der Waals surface area (Å²) in [6, 6.07) is 3.41. The number of nitrogens with zero attached hydrogens (tertiary/aromatic N) is 7. The van der Waals surface area contributed by atoms with Crippen LogP contribution >= 0.6 is 0 Å². The Hall–Kier alpha value is -3.88. The van der Waals surface area contributed by atoms with Crippen molar-refractivity contribution in [1.82, 2.24) is 29.7 Å². The minimum Gasteiger partial charge on any atom is -0.465 e. The zero-order valence-corrected chi connectivity index (χ0v) is 20.3. The average Bonchev–Trinajstić information content (AvgIpc) is 3.28. The van der Waals surface area contributed by atoms with E-state index in [1.54, 1.807) is 17.2 Å². The minimum absolute atomic E-state index is 0.00519. The molecular formula is C23H32N8O4. The molecule has 0 radical (unpaired) electrons. The summed E-state index contributed by atoms with van der Waals surface area (Å²) in [5, 5.41) is 21.3. The van der Waals surface area contributed by atoms with Gasteiger partial charge in [-0.15, -0.1) is 0 Å². The van der Waals surface area contributed by atoms with E-state index in [0.717, 1.165) is 11.8 Å². The second kappa shape index (κ2) is 11.5. The van der Waals surface area contributed by atoms with Gasteiger partial charge in [0.1, 0.15) is 18.6 Å². The first-order chi connectivity index (χ1) is 16.7. The molecule has 12 heteroatoms. The van der Waals surface area contributed by atoms with Crippen molar-refractivity contribution in [2.75, 3.05) is 45.2 Å². The second-order valence-corrected chi connectivity index (χ2v) is 8.88. The fourth-order valence-corrected chi connectivity index (χ4v) is 4.35. The molecule has 3 heterocycles. The number of carbonyl (C=O) groups excluding carboxylic acids is 2. The van der Waals surface area contributed by atoms with Crippen LogP contribution in [0.25, 0.3) is 11.0 Å². The topological polar surface area (TPSA) is 148 Å². The summed E-state index contributed by atoms with van der Waals surface area (Å²) in [6.07, 6.45) is 4.08. The molecule has 0 aromatic carbocycles. The number of anilines is 1. The van der Waals surface area contributed by atoms with E-state index in [1.165, 1.54) is 22.8 Å². The average molecular weight is 485 g/mol. The highest BCUT2D eigenvalue weighted by Gasteiger charge is 2.32. The molecule has 1 fully saturated rings. The zero-order valence-electron chi connectivity index (χ0n) is 20.3. The van der Waals surface area contributed by atoms with E-state index in [0.29, 0.717) is 56.4 Å². The summed E-state index contributed by atoms with van der Waals surface area (Å²) in [5.41, 5.74) is 0.478. The van der Waals surface area contributed by atoms with Gasteiger partial charge in [0.05, 0.1) is 17.5 Å². The van der Waals surface area contributed by atoms with Gasteiger partial charge in [0.2, 0.25) is 5.91 Å². The lowest BCUT2D eigenvalue weighted by atomic mass is 9.92. The van der Waals surface area contributed by atoms with Crippen LogP contribution in [0.1, 0.15) is 32.6 Å². The number of nitrogens with one attached hydrogen (secondary N) is 1. The number of amides is 3. The van der Waals surface area contributed by atoms with Crippen molar-refractivity contribution < 1.29 is 19.5 Å². The molecule has 188 valence electrons. The third-order valence-corrected chi connectivity index (χ3v) is 6.54. The van der Waals surface area contributed by atoms with Gasteiger partial charge in [-0.05, 0) is 31.2 Å². The highest BCUT2D eigenvalue weighted by Crippen LogP contribution is 2.29. The van der Waals surface area contributed by atoms with Gasteiger partial charge in [-0.1, -0.05) is 6.92 Å². The highest BCUT2D eigenvalue weighted by molar-refractivity contribution is 5.94. The van der Waals surface area contributed by atoms with Crippen LogP contribution in [-0.4, -0.2) is 93.8 Å². The molecule has 2 aromatic rings. The predicted octanol–water partition coefficient (Wildman–Crippen LogP) is 1.97. The van der Waals surface area contributed by atoms with Crippen LogP contribution in [0.5, 0.6) is 0 Å². The van der Waals surface area contributed by atoms with E-state index >= 15 is 0 Å². The monoisotopic (exact) mass is 484 g/mol. The minimum atomic E-state index is -0.975. The maximum Gasteiger partial charge on any atom is 0.407 e. The first-order valence-corrected chi connectivity index (χ1v) is 11.7. The first kappa shape index (κ1) is 25.7. The Balaban J connectivity index is 1.68. The summed E-state index contributed by atoms with van der Waals surface area (Å²) in [7, 11) is 3.43. The molecule has 0 unspecified atom stereocenters.